The van der Waals surface area contributed by atoms with Gasteiger partial charge in [0, 0.05) is 18.2 Å². The first kappa shape index (κ1) is 22.3. The zero-order valence-electron chi connectivity index (χ0n) is 17.4. The molecule has 2 N–H and O–H groups in total. The Kier molecular flexibility index (Phi) is 9.02. The number of rotatable bonds is 11. The Morgan fingerprint density at radius 2 is 1.93 bits per heavy atom. The van der Waals surface area contributed by atoms with Gasteiger partial charge in [-0.3, -0.25) is 9.59 Å². The quantitative estimate of drug-likeness (QED) is 0.550. The first-order valence-corrected chi connectivity index (χ1v) is 10.1. The first-order valence-electron chi connectivity index (χ1n) is 10.1. The minimum atomic E-state index is -0.376. The third-order valence-corrected chi connectivity index (χ3v) is 4.77. The van der Waals surface area contributed by atoms with Gasteiger partial charge < -0.3 is 19.8 Å². The summed E-state index contributed by atoms with van der Waals surface area (Å²) in [6, 6.07) is 10.1. The van der Waals surface area contributed by atoms with Gasteiger partial charge in [-0.25, -0.2) is 0 Å². The van der Waals surface area contributed by atoms with Crippen molar-refractivity contribution in [2.24, 2.45) is 5.92 Å². The van der Waals surface area contributed by atoms with E-state index < -0.39 is 0 Å². The normalized spacial score (nSPS) is 12.3. The van der Waals surface area contributed by atoms with Crippen molar-refractivity contribution in [3.63, 3.8) is 0 Å². The largest absolute Gasteiger partial charge is 0.497 e. The molecule has 29 heavy (non-hydrogen) atoms. The van der Waals surface area contributed by atoms with Gasteiger partial charge in [-0.1, -0.05) is 33.1 Å². The average molecular weight is 399 g/mol. The second-order valence-electron chi connectivity index (χ2n) is 6.88. The van der Waals surface area contributed by atoms with E-state index in [1.54, 1.807) is 43.5 Å². The molecular formula is C23H30N2O4. The molecule has 0 aliphatic rings. The lowest BCUT2D eigenvalue weighted by molar-refractivity contribution is -0.117. The molecule has 1 aromatic carbocycles. The maximum absolute atomic E-state index is 12.8. The SMILES string of the molecule is CCCC[C@@H](CC)CNC(=O)/C(=C/c1ccco1)NC(=O)c1ccc(OC)cc1. The number of nitrogens with one attached hydrogen (secondary N) is 2. The molecule has 156 valence electrons. The molecule has 0 radical (unpaired) electrons. The maximum Gasteiger partial charge on any atom is 0.267 e. The summed E-state index contributed by atoms with van der Waals surface area (Å²) < 4.78 is 10.4. The third kappa shape index (κ3) is 7.14. The molecule has 0 fully saturated rings. The van der Waals surface area contributed by atoms with Crippen LogP contribution in [0.1, 0.15) is 55.6 Å². The predicted octanol–water partition coefficient (Wildman–Crippen LogP) is 4.39. The Balaban J connectivity index is 2.10. The number of hydrogen-bond donors (Lipinski definition) is 2. The van der Waals surface area contributed by atoms with Crippen LogP contribution in [0, 0.1) is 5.92 Å². The smallest absolute Gasteiger partial charge is 0.267 e. The summed E-state index contributed by atoms with van der Waals surface area (Å²) >= 11 is 0. The molecule has 2 amide bonds. The molecule has 2 aromatic rings. The first-order chi connectivity index (χ1) is 14.1. The molecule has 1 aromatic heterocycles. The minimum absolute atomic E-state index is 0.145. The van der Waals surface area contributed by atoms with Crippen LogP contribution in [0.5, 0.6) is 5.75 Å². The van der Waals surface area contributed by atoms with Crippen molar-refractivity contribution < 1.29 is 18.7 Å². The van der Waals surface area contributed by atoms with Gasteiger partial charge in [0.05, 0.1) is 13.4 Å². The van der Waals surface area contributed by atoms with Crippen LogP contribution < -0.4 is 15.4 Å². The van der Waals surface area contributed by atoms with E-state index in [-0.39, 0.29) is 17.5 Å². The van der Waals surface area contributed by atoms with Crippen LogP contribution in [0.4, 0.5) is 0 Å². The monoisotopic (exact) mass is 398 g/mol. The average Bonchev–Trinajstić information content (AvgIpc) is 3.26. The van der Waals surface area contributed by atoms with Crippen LogP contribution in [0.3, 0.4) is 0 Å². The van der Waals surface area contributed by atoms with Gasteiger partial charge >= 0.3 is 0 Å². The van der Waals surface area contributed by atoms with E-state index in [2.05, 4.69) is 24.5 Å². The summed E-state index contributed by atoms with van der Waals surface area (Å²) in [5.74, 6) is 0.851. The molecule has 0 aliphatic carbocycles. The van der Waals surface area contributed by atoms with Crippen LogP contribution in [0.15, 0.2) is 52.8 Å². The number of benzene rings is 1. The molecule has 0 spiro atoms. The number of carbonyl (C=O) groups is 2. The molecule has 6 heteroatoms. The van der Waals surface area contributed by atoms with Crippen LogP contribution >= 0.6 is 0 Å². The molecule has 1 atom stereocenters. The lowest BCUT2D eigenvalue weighted by Gasteiger charge is -2.16. The molecule has 2 rings (SSSR count). The topological polar surface area (TPSA) is 80.6 Å². The van der Waals surface area contributed by atoms with Crippen LogP contribution in [0.25, 0.3) is 6.08 Å². The van der Waals surface area contributed by atoms with Crippen LogP contribution in [-0.2, 0) is 4.79 Å². The molecule has 0 bridgehead atoms. The van der Waals surface area contributed by atoms with Gasteiger partial charge in [0.1, 0.15) is 17.2 Å². The Morgan fingerprint density at radius 3 is 2.52 bits per heavy atom. The van der Waals surface area contributed by atoms with Gasteiger partial charge in [-0.2, -0.15) is 0 Å². The number of methoxy groups -OCH3 is 1. The van der Waals surface area contributed by atoms with Gasteiger partial charge in [-0.15, -0.1) is 0 Å². The van der Waals surface area contributed by atoms with Crippen molar-refractivity contribution >= 4 is 17.9 Å². The van der Waals surface area contributed by atoms with E-state index in [0.717, 1.165) is 25.7 Å². The molecule has 0 saturated heterocycles. The highest BCUT2D eigenvalue weighted by Gasteiger charge is 2.17. The van der Waals surface area contributed by atoms with E-state index >= 15 is 0 Å². The van der Waals surface area contributed by atoms with Crippen LogP contribution in [0.2, 0.25) is 0 Å². The van der Waals surface area contributed by atoms with E-state index in [9.17, 15) is 9.59 Å². The van der Waals surface area contributed by atoms with Gasteiger partial charge in [-0.05, 0) is 48.7 Å². The third-order valence-electron chi connectivity index (χ3n) is 4.77. The molecule has 6 nitrogen and oxygen atoms in total. The predicted molar refractivity (Wildman–Crippen MR) is 113 cm³/mol. The Morgan fingerprint density at radius 1 is 1.17 bits per heavy atom. The fraction of sp³-hybridized carbons (Fsp3) is 0.391. The lowest BCUT2D eigenvalue weighted by atomic mass is 9.99. The number of amides is 2. The van der Waals surface area contributed by atoms with E-state index in [1.165, 1.54) is 12.3 Å². The number of unbranched alkanes of at least 4 members (excludes halogenated alkanes) is 1. The van der Waals surface area contributed by atoms with Gasteiger partial charge in [0.15, 0.2) is 0 Å². The maximum atomic E-state index is 12.8. The molecular weight excluding hydrogens is 368 g/mol. The molecule has 0 aliphatic heterocycles. The molecule has 0 unspecified atom stereocenters. The highest BCUT2D eigenvalue weighted by atomic mass is 16.5. The lowest BCUT2D eigenvalue weighted by Crippen LogP contribution is -2.37. The van der Waals surface area contributed by atoms with Gasteiger partial charge in [0.2, 0.25) is 0 Å². The summed E-state index contributed by atoms with van der Waals surface area (Å²) in [4.78, 5) is 25.4. The fourth-order valence-corrected chi connectivity index (χ4v) is 2.89. The van der Waals surface area contributed by atoms with Crippen LogP contribution in [-0.4, -0.2) is 25.5 Å². The van der Waals surface area contributed by atoms with Gasteiger partial charge in [0.25, 0.3) is 11.8 Å². The Bertz CT molecular complexity index is 795. The Hall–Kier alpha value is -3.02. The number of carbonyl (C=O) groups excluding carboxylic acids is 2. The van der Waals surface area contributed by atoms with Crippen molar-refractivity contribution in [1.82, 2.24) is 10.6 Å². The second-order valence-corrected chi connectivity index (χ2v) is 6.88. The molecule has 0 saturated carbocycles. The highest BCUT2D eigenvalue weighted by Crippen LogP contribution is 2.14. The standard InChI is InChI=1S/C23H30N2O4/c1-4-6-8-17(5-2)16-24-23(27)21(15-20-9-7-14-29-20)25-22(26)18-10-12-19(28-3)13-11-18/h7,9-15,17H,4-6,8,16H2,1-3H3,(H,24,27)(H,25,26)/b21-15-/t17-/m1/s1. The van der Waals surface area contributed by atoms with E-state index in [4.69, 9.17) is 9.15 Å². The zero-order chi connectivity index (χ0) is 21.1. The Labute approximate surface area is 172 Å². The summed E-state index contributed by atoms with van der Waals surface area (Å²) in [5.41, 5.74) is 0.574. The van der Waals surface area contributed by atoms with E-state index in [0.29, 0.717) is 29.5 Å². The minimum Gasteiger partial charge on any atom is -0.497 e. The summed E-state index contributed by atoms with van der Waals surface area (Å²) in [5, 5.41) is 5.65. The number of furan rings is 1. The highest BCUT2D eigenvalue weighted by molar-refractivity contribution is 6.05. The van der Waals surface area contributed by atoms with Crippen molar-refractivity contribution in [2.75, 3.05) is 13.7 Å². The summed E-state index contributed by atoms with van der Waals surface area (Å²) in [7, 11) is 1.56. The van der Waals surface area contributed by atoms with Crippen molar-refractivity contribution in [2.45, 2.75) is 39.5 Å². The zero-order valence-corrected chi connectivity index (χ0v) is 17.4. The van der Waals surface area contributed by atoms with E-state index in [1.807, 2.05) is 0 Å². The van der Waals surface area contributed by atoms with Crippen molar-refractivity contribution in [3.8, 4) is 5.75 Å². The summed E-state index contributed by atoms with van der Waals surface area (Å²) in [6.45, 7) is 4.85. The van der Waals surface area contributed by atoms with Crippen molar-refractivity contribution in [3.05, 3.63) is 59.7 Å². The fourth-order valence-electron chi connectivity index (χ4n) is 2.89. The van der Waals surface area contributed by atoms with Crippen molar-refractivity contribution in [1.29, 1.82) is 0 Å². The summed E-state index contributed by atoms with van der Waals surface area (Å²) in [6.07, 6.45) is 7.39. The number of ether oxygens (including phenoxy) is 1. The molecule has 1 heterocycles. The second kappa shape index (κ2) is 11.7. The number of hydrogen-bond acceptors (Lipinski definition) is 4.